The molecule has 6 aromatic carbocycles. The van der Waals surface area contributed by atoms with Gasteiger partial charge in [-0.05, 0) is 95.1 Å². The summed E-state index contributed by atoms with van der Waals surface area (Å²) >= 11 is 0. The van der Waals surface area contributed by atoms with Gasteiger partial charge in [-0.1, -0.05) is 60.7 Å². The minimum Gasteiger partial charge on any atom is -0.358 e. The standard InChI is InChI=1S/C15H13FN2.C15H14N2.C11H11FN2.C11H12N2/c1-17-13-4-2-3-5-14(13)18-12-7-6-11(16)8-10(12)9-15(17)18;1-16-13-8-4-5-9-14(13)17-12-7-3-2-6-11(12)10-15(16)17;1-13-4-5-14-10-3-2-9(12)6-8(10)7-11(13)14;1-12-6-7-13-10-5-3-2-4-9(10)8-11(12)13/h2-8,15H,9H2,1H3;2-9,15H,10H2,1H3;2-6,11H,7H2,1H3;2-7,11H,8H2,1H3. The summed E-state index contributed by atoms with van der Waals surface area (Å²) in [5.41, 5.74) is 15.3. The van der Waals surface area contributed by atoms with Crippen LogP contribution in [0.2, 0.25) is 0 Å². The van der Waals surface area contributed by atoms with E-state index >= 15 is 0 Å². The number of likely N-dealkylation sites (N-methyl/N-ethyl adjacent to an activating group) is 4. The van der Waals surface area contributed by atoms with Crippen LogP contribution in [0.15, 0.2) is 158 Å². The van der Waals surface area contributed by atoms with E-state index in [1.54, 1.807) is 18.2 Å². The molecule has 8 aliphatic heterocycles. The van der Waals surface area contributed by atoms with Crippen LogP contribution in [0.3, 0.4) is 0 Å². The number of halogens is 2. The third kappa shape index (κ3) is 6.14. The lowest BCUT2D eigenvalue weighted by atomic mass is 10.1. The number of hydrogen-bond acceptors (Lipinski definition) is 8. The molecule has 4 unspecified atom stereocenters. The Morgan fingerprint density at radius 2 is 0.710 bits per heavy atom. The number of fused-ring (bicyclic) bond motifs is 16. The van der Waals surface area contributed by atoms with Crippen molar-refractivity contribution in [2.45, 2.75) is 50.3 Å². The Hall–Kier alpha value is -6.94. The second-order valence-corrected chi connectivity index (χ2v) is 17.2. The highest BCUT2D eigenvalue weighted by Gasteiger charge is 2.41. The van der Waals surface area contributed by atoms with Crippen LogP contribution in [0.25, 0.3) is 0 Å². The predicted molar refractivity (Wildman–Crippen MR) is 248 cm³/mol. The number of hydrogen-bond donors (Lipinski definition) is 0. The van der Waals surface area contributed by atoms with Crippen molar-refractivity contribution < 1.29 is 8.78 Å². The minimum absolute atomic E-state index is 0.142. The second-order valence-electron chi connectivity index (χ2n) is 17.2. The van der Waals surface area contributed by atoms with Crippen LogP contribution in [0.5, 0.6) is 0 Å². The fourth-order valence-corrected chi connectivity index (χ4v) is 10.6. The Balaban J connectivity index is 0.0000000937. The van der Waals surface area contributed by atoms with Gasteiger partial charge in [-0.2, -0.15) is 0 Å². The molecule has 0 saturated carbocycles. The largest absolute Gasteiger partial charge is 0.358 e. The van der Waals surface area contributed by atoms with Gasteiger partial charge in [0, 0.05) is 101 Å². The molecular formula is C52H50F2N8. The van der Waals surface area contributed by atoms with Gasteiger partial charge in [0.25, 0.3) is 0 Å². The van der Waals surface area contributed by atoms with Crippen LogP contribution >= 0.6 is 0 Å². The second kappa shape index (κ2) is 14.9. The van der Waals surface area contributed by atoms with Gasteiger partial charge in [-0.3, -0.25) is 0 Å². The summed E-state index contributed by atoms with van der Waals surface area (Å²) in [6.45, 7) is 0. The molecular weight excluding hydrogens is 775 g/mol. The number of anilines is 8. The molecule has 0 fully saturated rings. The molecule has 8 nitrogen and oxygen atoms in total. The maximum atomic E-state index is 13.3. The zero-order valence-corrected chi connectivity index (χ0v) is 35.5. The quantitative estimate of drug-likeness (QED) is 0.150. The molecule has 0 bridgehead atoms. The number of rotatable bonds is 0. The van der Waals surface area contributed by atoms with Crippen LogP contribution in [-0.4, -0.2) is 62.7 Å². The lowest BCUT2D eigenvalue weighted by Gasteiger charge is -2.23. The van der Waals surface area contributed by atoms with E-state index in [0.29, 0.717) is 24.7 Å². The third-order valence-corrected chi connectivity index (χ3v) is 13.8. The summed E-state index contributed by atoms with van der Waals surface area (Å²) in [6, 6.07) is 44.5. The lowest BCUT2D eigenvalue weighted by Crippen LogP contribution is -2.35. The van der Waals surface area contributed by atoms with E-state index in [4.69, 9.17) is 0 Å². The van der Waals surface area contributed by atoms with Crippen LogP contribution < -0.4 is 29.4 Å². The van der Waals surface area contributed by atoms with Crippen molar-refractivity contribution in [2.24, 2.45) is 0 Å². The van der Waals surface area contributed by atoms with Gasteiger partial charge >= 0.3 is 0 Å². The molecule has 0 radical (unpaired) electrons. The molecule has 8 aliphatic rings. The molecule has 0 aromatic heterocycles. The zero-order valence-electron chi connectivity index (χ0n) is 35.5. The van der Waals surface area contributed by atoms with Crippen molar-refractivity contribution in [3.8, 4) is 0 Å². The van der Waals surface area contributed by atoms with Crippen molar-refractivity contribution in [3.05, 3.63) is 192 Å². The van der Waals surface area contributed by atoms with Gasteiger partial charge in [0.15, 0.2) is 0 Å². The monoisotopic (exact) mass is 824 g/mol. The Morgan fingerprint density at radius 1 is 0.355 bits per heavy atom. The highest BCUT2D eigenvalue weighted by Crippen LogP contribution is 2.50. The molecule has 0 N–H and O–H groups in total. The smallest absolute Gasteiger partial charge is 0.123 e. The summed E-state index contributed by atoms with van der Waals surface area (Å²) < 4.78 is 26.3. The Bertz CT molecular complexity index is 2750. The van der Waals surface area contributed by atoms with Crippen molar-refractivity contribution >= 4 is 45.5 Å². The van der Waals surface area contributed by atoms with Gasteiger partial charge in [0.05, 0.1) is 22.7 Å². The predicted octanol–water partition coefficient (Wildman–Crippen LogP) is 10.2. The van der Waals surface area contributed by atoms with E-state index in [2.05, 4.69) is 182 Å². The van der Waals surface area contributed by atoms with E-state index in [9.17, 15) is 8.78 Å². The van der Waals surface area contributed by atoms with E-state index < -0.39 is 0 Å². The summed E-state index contributed by atoms with van der Waals surface area (Å²) in [6.07, 6.45) is 14.1. The van der Waals surface area contributed by atoms with Crippen molar-refractivity contribution in [1.82, 2.24) is 9.80 Å². The molecule has 10 heteroatoms. The molecule has 312 valence electrons. The highest BCUT2D eigenvalue weighted by molar-refractivity contribution is 5.88. The van der Waals surface area contributed by atoms with Gasteiger partial charge in [0.2, 0.25) is 0 Å². The Kier molecular flexibility index (Phi) is 9.14. The summed E-state index contributed by atoms with van der Waals surface area (Å²) in [7, 11) is 8.47. The van der Waals surface area contributed by atoms with E-state index in [-0.39, 0.29) is 11.6 Å². The summed E-state index contributed by atoms with van der Waals surface area (Å²) in [5, 5.41) is 0. The first-order valence-corrected chi connectivity index (χ1v) is 21.6. The van der Waals surface area contributed by atoms with Crippen LogP contribution in [0, 0.1) is 11.6 Å². The van der Waals surface area contributed by atoms with E-state index in [1.165, 1.54) is 51.3 Å². The van der Waals surface area contributed by atoms with Crippen LogP contribution in [0.1, 0.15) is 22.3 Å². The fourth-order valence-electron chi connectivity index (χ4n) is 10.6. The highest BCUT2D eigenvalue weighted by atomic mass is 19.1. The summed E-state index contributed by atoms with van der Waals surface area (Å²) in [5.74, 6) is -0.289. The van der Waals surface area contributed by atoms with Crippen molar-refractivity contribution in [2.75, 3.05) is 57.6 Å². The Morgan fingerprint density at radius 3 is 1.26 bits per heavy atom. The first-order chi connectivity index (χ1) is 30.2. The minimum atomic E-state index is -0.147. The van der Waals surface area contributed by atoms with Gasteiger partial charge in [-0.15, -0.1) is 0 Å². The van der Waals surface area contributed by atoms with Crippen LogP contribution in [0.4, 0.5) is 54.3 Å². The molecule has 0 amide bonds. The molecule has 6 aromatic rings. The van der Waals surface area contributed by atoms with Gasteiger partial charge in [-0.25, -0.2) is 8.78 Å². The normalized spacial score (nSPS) is 21.4. The average Bonchev–Trinajstić information content (AvgIpc) is 4.17. The third-order valence-electron chi connectivity index (χ3n) is 13.8. The van der Waals surface area contributed by atoms with E-state index in [1.807, 2.05) is 19.2 Å². The number of benzene rings is 6. The van der Waals surface area contributed by atoms with Crippen LogP contribution in [-0.2, 0) is 25.7 Å². The molecule has 62 heavy (non-hydrogen) atoms. The first-order valence-electron chi connectivity index (χ1n) is 21.6. The number of nitrogens with zero attached hydrogens (tertiary/aromatic N) is 8. The molecule has 0 spiro atoms. The lowest BCUT2D eigenvalue weighted by molar-refractivity contribution is 0.369. The zero-order chi connectivity index (χ0) is 42.2. The van der Waals surface area contributed by atoms with Crippen molar-refractivity contribution in [3.63, 3.8) is 0 Å². The summed E-state index contributed by atoms with van der Waals surface area (Å²) in [4.78, 5) is 18.4. The molecule has 0 aliphatic carbocycles. The molecule has 14 rings (SSSR count). The first kappa shape index (κ1) is 38.0. The fraction of sp³-hybridized carbons (Fsp3) is 0.231. The maximum absolute atomic E-state index is 13.3. The van der Waals surface area contributed by atoms with Gasteiger partial charge < -0.3 is 39.2 Å². The SMILES string of the molecule is CN1C=CN2c3ccc(F)cc3CC12.CN1C=CN2c3ccccc3CC12.CN1c2ccccc2N2c3ccc(F)cc3CC12.CN1c2ccccc2N2c3ccccc3CC12. The Labute approximate surface area is 363 Å². The van der Waals surface area contributed by atoms with Gasteiger partial charge in [0.1, 0.15) is 36.3 Å². The average molecular weight is 825 g/mol. The molecule has 4 atom stereocenters. The molecule has 0 saturated heterocycles. The maximum Gasteiger partial charge on any atom is 0.123 e. The van der Waals surface area contributed by atoms with Crippen molar-refractivity contribution in [1.29, 1.82) is 0 Å². The van der Waals surface area contributed by atoms with E-state index in [0.717, 1.165) is 48.2 Å². The molecule has 8 heterocycles. The number of para-hydroxylation sites is 6. The topological polar surface area (TPSA) is 25.9 Å².